The average Bonchev–Trinajstić information content (AvgIpc) is 3.25. The van der Waals surface area contributed by atoms with Crippen molar-refractivity contribution in [2.75, 3.05) is 31.1 Å². The molecule has 0 atom stereocenters. The molecule has 0 spiro atoms. The second kappa shape index (κ2) is 8.06. The molecule has 27 heavy (non-hydrogen) atoms. The fraction of sp³-hybridized carbons (Fsp3) is 0.250. The van der Waals surface area contributed by atoms with E-state index in [-0.39, 0.29) is 5.91 Å². The topological polar surface area (TPSA) is 49.3 Å². The van der Waals surface area contributed by atoms with Crippen molar-refractivity contribution in [2.24, 2.45) is 0 Å². The van der Waals surface area contributed by atoms with Gasteiger partial charge in [0.05, 0.1) is 11.3 Å². The molecule has 7 heteroatoms. The number of carbonyl (C=O) groups excluding carboxylic acids is 1. The van der Waals surface area contributed by atoms with E-state index in [1.54, 1.807) is 11.3 Å². The van der Waals surface area contributed by atoms with Crippen molar-refractivity contribution in [3.63, 3.8) is 0 Å². The first-order valence-electron chi connectivity index (χ1n) is 8.84. The van der Waals surface area contributed by atoms with E-state index in [4.69, 9.17) is 11.6 Å². The van der Waals surface area contributed by atoms with E-state index in [0.29, 0.717) is 24.5 Å². The minimum Gasteiger partial charge on any atom is -0.352 e. The number of rotatable bonds is 4. The molecule has 0 N–H and O–H groups in total. The number of halogens is 1. The highest BCUT2D eigenvalue weighted by Crippen LogP contribution is 2.23. The number of anilines is 1. The summed E-state index contributed by atoms with van der Waals surface area (Å²) < 4.78 is 0. The zero-order chi connectivity index (χ0) is 18.6. The first-order valence-corrected chi connectivity index (χ1v) is 10.1. The summed E-state index contributed by atoms with van der Waals surface area (Å²) >= 11 is 7.82. The largest absolute Gasteiger partial charge is 0.352 e. The summed E-state index contributed by atoms with van der Waals surface area (Å²) in [6.07, 6.45) is 0.342. The van der Waals surface area contributed by atoms with Crippen molar-refractivity contribution in [2.45, 2.75) is 6.42 Å². The number of piperazine rings is 1. The fourth-order valence-electron chi connectivity index (χ4n) is 3.15. The van der Waals surface area contributed by atoms with E-state index in [1.165, 1.54) is 0 Å². The first kappa shape index (κ1) is 17.9. The molecule has 1 amide bonds. The first-order chi connectivity index (χ1) is 13.2. The molecule has 4 rings (SSSR count). The van der Waals surface area contributed by atoms with E-state index < -0.39 is 0 Å². The van der Waals surface area contributed by atoms with Gasteiger partial charge in [0.15, 0.2) is 5.82 Å². The van der Waals surface area contributed by atoms with E-state index in [2.05, 4.69) is 15.1 Å². The predicted molar refractivity (Wildman–Crippen MR) is 109 cm³/mol. The van der Waals surface area contributed by atoms with Crippen LogP contribution in [-0.2, 0) is 11.2 Å². The molecule has 2 aromatic heterocycles. The third-order valence-electron chi connectivity index (χ3n) is 4.68. The lowest BCUT2D eigenvalue weighted by atomic mass is 10.1. The van der Waals surface area contributed by atoms with Crippen LogP contribution in [0.5, 0.6) is 0 Å². The van der Waals surface area contributed by atoms with Gasteiger partial charge in [-0.3, -0.25) is 4.79 Å². The van der Waals surface area contributed by atoms with Gasteiger partial charge in [0.2, 0.25) is 5.91 Å². The van der Waals surface area contributed by atoms with Crippen LogP contribution in [0.4, 0.5) is 5.82 Å². The molecule has 3 aromatic rings. The van der Waals surface area contributed by atoms with Crippen molar-refractivity contribution < 1.29 is 4.79 Å². The summed E-state index contributed by atoms with van der Waals surface area (Å²) in [4.78, 5) is 17.7. The predicted octanol–water partition coefficient (Wildman–Crippen LogP) is 3.75. The number of hydrogen-bond acceptors (Lipinski definition) is 5. The van der Waals surface area contributed by atoms with E-state index >= 15 is 0 Å². The molecule has 138 valence electrons. The summed E-state index contributed by atoms with van der Waals surface area (Å²) in [5, 5.41) is 11.4. The number of hydrogen-bond donors (Lipinski definition) is 0. The van der Waals surface area contributed by atoms with Crippen LogP contribution >= 0.6 is 22.9 Å². The van der Waals surface area contributed by atoms with Gasteiger partial charge in [-0.05, 0) is 35.2 Å². The maximum absolute atomic E-state index is 12.6. The standard InChI is InChI=1S/C20H19ClN4OS/c21-16-5-2-1-4-15(16)14-20(26)25-11-9-24(10-12-25)19-8-7-17(22-23-19)18-6-3-13-27-18/h1-8,13H,9-12,14H2. The highest BCUT2D eigenvalue weighted by atomic mass is 35.5. The van der Waals surface area contributed by atoms with Gasteiger partial charge in [-0.25, -0.2) is 0 Å². The Hall–Kier alpha value is -2.44. The van der Waals surface area contributed by atoms with Crippen LogP contribution in [0, 0.1) is 0 Å². The minimum absolute atomic E-state index is 0.113. The van der Waals surface area contributed by atoms with Gasteiger partial charge in [0.1, 0.15) is 5.69 Å². The van der Waals surface area contributed by atoms with Crippen molar-refractivity contribution in [1.82, 2.24) is 15.1 Å². The molecule has 1 fully saturated rings. The normalized spacial score (nSPS) is 14.4. The quantitative estimate of drug-likeness (QED) is 0.671. The number of thiophene rings is 1. The molecule has 1 saturated heterocycles. The van der Waals surface area contributed by atoms with Gasteiger partial charge in [0.25, 0.3) is 0 Å². The van der Waals surface area contributed by atoms with Crippen LogP contribution in [-0.4, -0.2) is 47.2 Å². The van der Waals surface area contributed by atoms with E-state index in [0.717, 1.165) is 35.0 Å². The van der Waals surface area contributed by atoms with Crippen molar-refractivity contribution in [3.8, 4) is 10.6 Å². The van der Waals surface area contributed by atoms with Crippen LogP contribution in [0.15, 0.2) is 53.9 Å². The van der Waals surface area contributed by atoms with Gasteiger partial charge in [-0.1, -0.05) is 35.9 Å². The van der Waals surface area contributed by atoms with E-state index in [1.807, 2.05) is 58.8 Å². The number of benzene rings is 1. The molecule has 0 unspecified atom stereocenters. The molecule has 0 aliphatic carbocycles. The second-order valence-electron chi connectivity index (χ2n) is 6.39. The van der Waals surface area contributed by atoms with Gasteiger partial charge in [-0.2, -0.15) is 0 Å². The number of amides is 1. The van der Waals surface area contributed by atoms with Crippen molar-refractivity contribution >= 4 is 34.7 Å². The molecular weight excluding hydrogens is 380 g/mol. The number of nitrogens with zero attached hydrogens (tertiary/aromatic N) is 4. The summed E-state index contributed by atoms with van der Waals surface area (Å²) in [6.45, 7) is 2.86. The molecule has 0 bridgehead atoms. The summed E-state index contributed by atoms with van der Waals surface area (Å²) in [7, 11) is 0. The Morgan fingerprint density at radius 2 is 1.81 bits per heavy atom. The van der Waals surface area contributed by atoms with Crippen molar-refractivity contribution in [3.05, 3.63) is 64.5 Å². The van der Waals surface area contributed by atoms with Crippen molar-refractivity contribution in [1.29, 1.82) is 0 Å². The summed E-state index contributed by atoms with van der Waals surface area (Å²) in [5.74, 6) is 0.968. The molecule has 0 saturated carbocycles. The molecule has 1 aliphatic rings. The third kappa shape index (κ3) is 4.12. The Morgan fingerprint density at radius 3 is 2.48 bits per heavy atom. The Bertz CT molecular complexity index is 906. The lowest BCUT2D eigenvalue weighted by Crippen LogP contribution is -2.49. The summed E-state index contributed by atoms with van der Waals surface area (Å²) in [5.41, 5.74) is 1.77. The van der Waals surface area contributed by atoms with Gasteiger partial charge < -0.3 is 9.80 Å². The van der Waals surface area contributed by atoms with Gasteiger partial charge >= 0.3 is 0 Å². The van der Waals surface area contributed by atoms with Crippen LogP contribution in [0.2, 0.25) is 5.02 Å². The molecule has 5 nitrogen and oxygen atoms in total. The van der Waals surface area contributed by atoms with Gasteiger partial charge in [-0.15, -0.1) is 21.5 Å². The maximum Gasteiger partial charge on any atom is 0.227 e. The zero-order valence-corrected chi connectivity index (χ0v) is 16.3. The lowest BCUT2D eigenvalue weighted by Gasteiger charge is -2.35. The smallest absolute Gasteiger partial charge is 0.227 e. The van der Waals surface area contributed by atoms with Crippen LogP contribution in [0.3, 0.4) is 0 Å². The fourth-order valence-corrected chi connectivity index (χ4v) is 4.04. The van der Waals surface area contributed by atoms with Crippen LogP contribution in [0.1, 0.15) is 5.56 Å². The molecule has 1 aliphatic heterocycles. The highest BCUT2D eigenvalue weighted by Gasteiger charge is 2.22. The Balaban J connectivity index is 1.34. The average molecular weight is 399 g/mol. The lowest BCUT2D eigenvalue weighted by molar-refractivity contribution is -0.130. The van der Waals surface area contributed by atoms with Crippen LogP contribution in [0.25, 0.3) is 10.6 Å². The Kier molecular flexibility index (Phi) is 5.36. The molecule has 0 radical (unpaired) electrons. The monoisotopic (exact) mass is 398 g/mol. The molecule has 3 heterocycles. The number of carbonyl (C=O) groups is 1. The second-order valence-corrected chi connectivity index (χ2v) is 7.74. The Morgan fingerprint density at radius 1 is 1.00 bits per heavy atom. The molecule has 1 aromatic carbocycles. The summed E-state index contributed by atoms with van der Waals surface area (Å²) in [6, 6.07) is 15.6. The third-order valence-corrected chi connectivity index (χ3v) is 5.94. The van der Waals surface area contributed by atoms with E-state index in [9.17, 15) is 4.79 Å². The van der Waals surface area contributed by atoms with Gasteiger partial charge in [0, 0.05) is 31.2 Å². The molecular formula is C20H19ClN4OS. The maximum atomic E-state index is 12.6. The zero-order valence-electron chi connectivity index (χ0n) is 14.7. The highest BCUT2D eigenvalue weighted by molar-refractivity contribution is 7.13. The number of aromatic nitrogens is 2. The van der Waals surface area contributed by atoms with Crippen LogP contribution < -0.4 is 4.90 Å². The minimum atomic E-state index is 0.113. The Labute approximate surface area is 167 Å². The SMILES string of the molecule is O=C(Cc1ccccc1Cl)N1CCN(c2ccc(-c3cccs3)nn2)CC1.